The van der Waals surface area contributed by atoms with E-state index in [-0.39, 0.29) is 18.0 Å². The molecule has 2 aromatic rings. The highest BCUT2D eigenvalue weighted by atomic mass is 35.5. The van der Waals surface area contributed by atoms with E-state index in [9.17, 15) is 22.8 Å². The number of rotatable bonds is 5. The quantitative estimate of drug-likeness (QED) is 0.600. The number of carbonyl (C=O) groups is 2. The average Bonchev–Trinajstić information content (AvgIpc) is 3.63. The van der Waals surface area contributed by atoms with Crippen LogP contribution in [-0.2, 0) is 16.0 Å². The Labute approximate surface area is 202 Å². The van der Waals surface area contributed by atoms with E-state index >= 15 is 0 Å². The monoisotopic (exact) mass is 493 g/mol. The standard InChI is InChI=1S/C23H21ClF3N3O2.C2H6/c1-13-10-16(24)9-8-15(13)11-19(31)28-21-22(32)30(12-23(25,26)27)18-5-3-2-4-17(18)20(29-21)14-6-7-14;1-2/h2-5,8-10,14,21H,6-7,11-12H2,1H3,(H,28,31);1-2H3. The zero-order chi connectivity index (χ0) is 25.0. The molecule has 2 aliphatic rings. The molecule has 182 valence electrons. The van der Waals surface area contributed by atoms with Crippen molar-refractivity contribution in [3.8, 4) is 0 Å². The molecule has 0 spiro atoms. The second-order valence-electron chi connectivity index (χ2n) is 8.06. The fraction of sp³-hybridized carbons (Fsp3) is 0.400. The number of halogens is 4. The van der Waals surface area contributed by atoms with Crippen molar-refractivity contribution >= 4 is 34.8 Å². The van der Waals surface area contributed by atoms with Gasteiger partial charge in [0.1, 0.15) is 6.54 Å². The number of fused-ring (bicyclic) bond motifs is 1. The van der Waals surface area contributed by atoms with Crippen molar-refractivity contribution in [2.75, 3.05) is 11.4 Å². The molecule has 2 amide bonds. The van der Waals surface area contributed by atoms with Crippen molar-refractivity contribution in [1.82, 2.24) is 5.32 Å². The van der Waals surface area contributed by atoms with Gasteiger partial charge < -0.3 is 5.32 Å². The Hall–Kier alpha value is -2.87. The summed E-state index contributed by atoms with van der Waals surface area (Å²) in [4.78, 5) is 31.0. The SMILES string of the molecule is CC.Cc1cc(Cl)ccc1CC(=O)NC1N=C(C2CC2)c2ccccc2N(CC(F)(F)F)C1=O. The molecule has 1 aliphatic heterocycles. The second-order valence-corrected chi connectivity index (χ2v) is 8.50. The van der Waals surface area contributed by atoms with Gasteiger partial charge in [0.05, 0.1) is 17.8 Å². The van der Waals surface area contributed by atoms with Gasteiger partial charge in [-0.3, -0.25) is 19.5 Å². The third-order valence-electron chi connectivity index (χ3n) is 5.49. The predicted molar refractivity (Wildman–Crippen MR) is 127 cm³/mol. The Morgan fingerprint density at radius 2 is 1.85 bits per heavy atom. The van der Waals surface area contributed by atoms with Crippen LogP contribution in [0.3, 0.4) is 0 Å². The number of nitrogens with one attached hydrogen (secondary N) is 1. The molecule has 1 N–H and O–H groups in total. The van der Waals surface area contributed by atoms with Gasteiger partial charge in [0.25, 0.3) is 5.91 Å². The second kappa shape index (κ2) is 10.6. The van der Waals surface area contributed by atoms with E-state index < -0.39 is 30.7 Å². The fourth-order valence-electron chi connectivity index (χ4n) is 3.81. The Kier molecular flexibility index (Phi) is 8.02. The maximum atomic E-state index is 13.3. The van der Waals surface area contributed by atoms with Crippen molar-refractivity contribution in [2.45, 2.75) is 52.4 Å². The smallest absolute Gasteiger partial charge is 0.326 e. The molecule has 1 fully saturated rings. The highest BCUT2D eigenvalue weighted by Crippen LogP contribution is 2.38. The van der Waals surface area contributed by atoms with E-state index in [0.717, 1.165) is 18.4 Å². The summed E-state index contributed by atoms with van der Waals surface area (Å²) in [7, 11) is 0. The zero-order valence-corrected chi connectivity index (χ0v) is 20.0. The molecule has 4 rings (SSSR count). The maximum absolute atomic E-state index is 13.3. The Morgan fingerprint density at radius 3 is 2.47 bits per heavy atom. The molecule has 0 aromatic heterocycles. The first-order valence-electron chi connectivity index (χ1n) is 11.2. The summed E-state index contributed by atoms with van der Waals surface area (Å²) in [5, 5.41) is 3.08. The van der Waals surface area contributed by atoms with Gasteiger partial charge in [-0.15, -0.1) is 0 Å². The number of amides is 2. The molecule has 1 saturated carbocycles. The highest BCUT2D eigenvalue weighted by molar-refractivity contribution is 6.30. The van der Waals surface area contributed by atoms with E-state index in [1.54, 1.807) is 43.3 Å². The molecule has 9 heteroatoms. The first-order valence-corrected chi connectivity index (χ1v) is 11.6. The van der Waals surface area contributed by atoms with Crippen LogP contribution in [-0.4, -0.2) is 36.4 Å². The first kappa shape index (κ1) is 25.7. The number of anilines is 1. The van der Waals surface area contributed by atoms with Crippen LogP contribution in [0.2, 0.25) is 5.02 Å². The van der Waals surface area contributed by atoms with Gasteiger partial charge in [-0.1, -0.05) is 49.7 Å². The zero-order valence-electron chi connectivity index (χ0n) is 19.2. The Balaban J connectivity index is 0.00000158. The van der Waals surface area contributed by atoms with Gasteiger partial charge in [0.2, 0.25) is 12.1 Å². The van der Waals surface area contributed by atoms with Crippen LogP contribution >= 0.6 is 11.6 Å². The van der Waals surface area contributed by atoms with Gasteiger partial charge in [-0.25, -0.2) is 0 Å². The third kappa shape index (κ3) is 6.17. The summed E-state index contributed by atoms with van der Waals surface area (Å²) < 4.78 is 40.0. The number of aryl methyl sites for hydroxylation is 1. The maximum Gasteiger partial charge on any atom is 0.406 e. The van der Waals surface area contributed by atoms with Gasteiger partial charge in [-0.2, -0.15) is 13.2 Å². The Bertz CT molecular complexity index is 1100. The summed E-state index contributed by atoms with van der Waals surface area (Å²) in [5.74, 6) is -1.36. The summed E-state index contributed by atoms with van der Waals surface area (Å²) in [6.07, 6.45) is -4.41. The van der Waals surface area contributed by atoms with Crippen molar-refractivity contribution in [2.24, 2.45) is 10.9 Å². The number of hydrogen-bond acceptors (Lipinski definition) is 3. The summed E-state index contributed by atoms with van der Waals surface area (Å²) in [5.41, 5.74) is 2.72. The van der Waals surface area contributed by atoms with Gasteiger partial charge in [0, 0.05) is 16.5 Å². The lowest BCUT2D eigenvalue weighted by Crippen LogP contribution is -2.50. The molecule has 0 bridgehead atoms. The van der Waals surface area contributed by atoms with Crippen LogP contribution < -0.4 is 10.2 Å². The van der Waals surface area contributed by atoms with Crippen LogP contribution in [0.1, 0.15) is 43.4 Å². The van der Waals surface area contributed by atoms with Crippen molar-refractivity contribution in [1.29, 1.82) is 0 Å². The minimum Gasteiger partial charge on any atom is -0.326 e. The molecule has 5 nitrogen and oxygen atoms in total. The van der Waals surface area contributed by atoms with Crippen molar-refractivity contribution < 1.29 is 22.8 Å². The molecule has 0 radical (unpaired) electrons. The summed E-state index contributed by atoms with van der Waals surface area (Å²) >= 11 is 5.95. The topological polar surface area (TPSA) is 61.8 Å². The molecule has 2 aromatic carbocycles. The van der Waals surface area contributed by atoms with Crippen LogP contribution in [0.15, 0.2) is 47.5 Å². The summed E-state index contributed by atoms with van der Waals surface area (Å²) in [6.45, 7) is 4.34. The predicted octanol–water partition coefficient (Wildman–Crippen LogP) is 5.47. The van der Waals surface area contributed by atoms with Crippen LogP contribution in [0.5, 0.6) is 0 Å². The molecule has 0 saturated heterocycles. The molecule has 34 heavy (non-hydrogen) atoms. The fourth-order valence-corrected chi connectivity index (χ4v) is 4.04. The number of nitrogens with zero attached hydrogens (tertiary/aromatic N) is 2. The number of hydrogen-bond donors (Lipinski definition) is 1. The van der Waals surface area contributed by atoms with Crippen molar-refractivity contribution in [3.63, 3.8) is 0 Å². The molecule has 1 atom stereocenters. The number of aliphatic imine (C=N–C) groups is 1. The average molecular weight is 494 g/mol. The molecular weight excluding hydrogens is 467 g/mol. The number of carbonyl (C=O) groups excluding carboxylic acids is 2. The normalized spacial score (nSPS) is 17.7. The third-order valence-corrected chi connectivity index (χ3v) is 5.73. The molecule has 1 aliphatic carbocycles. The minimum atomic E-state index is -4.61. The van der Waals surface area contributed by atoms with Gasteiger partial charge in [0.15, 0.2) is 0 Å². The number of benzene rings is 2. The van der Waals surface area contributed by atoms with E-state index in [2.05, 4.69) is 10.3 Å². The lowest BCUT2D eigenvalue weighted by atomic mass is 10.0. The van der Waals surface area contributed by atoms with Crippen LogP contribution in [0.4, 0.5) is 18.9 Å². The highest BCUT2D eigenvalue weighted by Gasteiger charge is 2.42. The lowest BCUT2D eigenvalue weighted by molar-refractivity contribution is -0.134. The van der Waals surface area contributed by atoms with Gasteiger partial charge in [-0.05, 0) is 49.1 Å². The van der Waals surface area contributed by atoms with E-state index in [1.165, 1.54) is 6.07 Å². The Morgan fingerprint density at radius 1 is 1.18 bits per heavy atom. The molecule has 1 unspecified atom stereocenters. The van der Waals surface area contributed by atoms with Gasteiger partial charge >= 0.3 is 6.18 Å². The van der Waals surface area contributed by atoms with Crippen LogP contribution in [0, 0.1) is 12.8 Å². The molecular formula is C25H27ClF3N3O2. The number of benzodiazepines with no additional fused rings is 1. The van der Waals surface area contributed by atoms with Crippen molar-refractivity contribution in [3.05, 3.63) is 64.2 Å². The van der Waals surface area contributed by atoms with E-state index in [0.29, 0.717) is 26.8 Å². The first-order chi connectivity index (χ1) is 16.1. The van der Waals surface area contributed by atoms with Crippen LogP contribution in [0.25, 0.3) is 0 Å². The minimum absolute atomic E-state index is 0.0483. The number of para-hydroxylation sites is 1. The largest absolute Gasteiger partial charge is 0.406 e. The molecule has 1 heterocycles. The number of alkyl halides is 3. The summed E-state index contributed by atoms with van der Waals surface area (Å²) in [6, 6.07) is 11.5. The lowest BCUT2D eigenvalue weighted by Gasteiger charge is -2.26. The van der Waals surface area contributed by atoms with E-state index in [1.807, 2.05) is 13.8 Å². The van der Waals surface area contributed by atoms with E-state index in [4.69, 9.17) is 11.6 Å².